The number of nitrogens with one attached hydrogen (secondary N) is 9. The van der Waals surface area contributed by atoms with E-state index in [0.717, 1.165) is 0 Å². The van der Waals surface area contributed by atoms with E-state index >= 15 is 0 Å². The van der Waals surface area contributed by atoms with Crippen molar-refractivity contribution < 1.29 is 58.8 Å². The minimum Gasteiger partial charge on any atom is -0.480 e. The Hall–Kier alpha value is -5.13. The van der Waals surface area contributed by atoms with Crippen LogP contribution in [0, 0.1) is 29.1 Å². The maximum absolute atomic E-state index is 14.0. The molecule has 0 fully saturated rings. The second-order valence-corrected chi connectivity index (χ2v) is 16.2. The summed E-state index contributed by atoms with van der Waals surface area (Å²) in [6.45, 7) is 11.5. The summed E-state index contributed by atoms with van der Waals surface area (Å²) < 4.78 is 0. The zero-order valence-corrected chi connectivity index (χ0v) is 36.5. The lowest BCUT2D eigenvalue weighted by molar-refractivity contribution is -0.143. The van der Waals surface area contributed by atoms with Crippen LogP contribution in [0.3, 0.4) is 0 Å². The Labute approximate surface area is 356 Å². The molecule has 0 radical (unpaired) electrons. The first-order valence-electron chi connectivity index (χ1n) is 20.4. The number of aliphatic hydroxyl groups excluding tert-OH is 3. The van der Waals surface area contributed by atoms with E-state index in [4.69, 9.17) is 27.1 Å². The molecule has 350 valence electrons. The lowest BCUT2D eigenvalue weighted by Crippen LogP contribution is -2.61. The highest BCUT2D eigenvalue weighted by Gasteiger charge is 2.35. The molecule has 61 heavy (non-hydrogen) atoms. The Morgan fingerprint density at radius 2 is 1.10 bits per heavy atom. The van der Waals surface area contributed by atoms with Crippen molar-refractivity contribution in [1.29, 1.82) is 5.41 Å². The van der Waals surface area contributed by atoms with E-state index in [2.05, 4.69) is 37.2 Å². The van der Waals surface area contributed by atoms with Crippen molar-refractivity contribution in [1.82, 2.24) is 42.5 Å². The van der Waals surface area contributed by atoms with E-state index in [1.165, 1.54) is 0 Å². The minimum absolute atomic E-state index is 0.00143. The first-order chi connectivity index (χ1) is 28.4. The predicted octanol–water partition coefficient (Wildman–Crippen LogP) is -4.17. The lowest BCUT2D eigenvalue weighted by Gasteiger charge is -2.30. The average molecular weight is 874 g/mol. The monoisotopic (exact) mass is 874 g/mol. The molecule has 23 heteroatoms. The van der Waals surface area contributed by atoms with Crippen LogP contribution in [0.1, 0.15) is 87.5 Å². The highest BCUT2D eigenvalue weighted by molar-refractivity contribution is 5.97. The van der Waals surface area contributed by atoms with Gasteiger partial charge in [0.2, 0.25) is 41.4 Å². The third-order valence-corrected chi connectivity index (χ3v) is 9.50. The predicted molar refractivity (Wildman–Crippen MR) is 223 cm³/mol. The van der Waals surface area contributed by atoms with E-state index in [-0.39, 0.29) is 55.9 Å². The molecule has 0 spiro atoms. The van der Waals surface area contributed by atoms with Crippen LogP contribution in [0.4, 0.5) is 0 Å². The topological polar surface area (TPSA) is 390 Å². The summed E-state index contributed by atoms with van der Waals surface area (Å²) in [6, 6.07) is -9.54. The number of guanidine groups is 1. The zero-order chi connectivity index (χ0) is 47.1. The zero-order valence-electron chi connectivity index (χ0n) is 36.5. The van der Waals surface area contributed by atoms with Gasteiger partial charge in [-0.3, -0.25) is 39.0 Å². The van der Waals surface area contributed by atoms with Gasteiger partial charge < -0.3 is 74.4 Å². The summed E-state index contributed by atoms with van der Waals surface area (Å²) in [4.78, 5) is 104. The quantitative estimate of drug-likeness (QED) is 0.0193. The third-order valence-electron chi connectivity index (χ3n) is 9.50. The van der Waals surface area contributed by atoms with Gasteiger partial charge in [-0.05, 0) is 49.4 Å². The van der Waals surface area contributed by atoms with E-state index < -0.39 is 121 Å². The van der Waals surface area contributed by atoms with Crippen LogP contribution in [0.15, 0.2) is 0 Å². The van der Waals surface area contributed by atoms with Crippen molar-refractivity contribution >= 4 is 53.3 Å². The van der Waals surface area contributed by atoms with Gasteiger partial charge in [0.1, 0.15) is 42.3 Å². The van der Waals surface area contributed by atoms with Crippen LogP contribution in [0.25, 0.3) is 0 Å². The van der Waals surface area contributed by atoms with Crippen LogP contribution >= 0.6 is 0 Å². The molecule has 0 aromatic heterocycles. The van der Waals surface area contributed by atoms with Crippen molar-refractivity contribution in [2.75, 3.05) is 26.3 Å². The second kappa shape index (κ2) is 28.4. The van der Waals surface area contributed by atoms with E-state index in [9.17, 15) is 48.6 Å². The van der Waals surface area contributed by atoms with E-state index in [0.29, 0.717) is 6.42 Å². The van der Waals surface area contributed by atoms with Crippen molar-refractivity contribution in [2.45, 2.75) is 136 Å². The number of carboxylic acid groups (broad SMARTS) is 1. The van der Waals surface area contributed by atoms with Crippen molar-refractivity contribution in [2.24, 2.45) is 35.1 Å². The number of carboxylic acids is 1. The summed E-state index contributed by atoms with van der Waals surface area (Å²) in [5.41, 5.74) is 11.4. The van der Waals surface area contributed by atoms with E-state index in [1.54, 1.807) is 41.5 Å². The standard InChI is InChI=1S/C38H71N11O12/c1-9-21(8)29(36(59)47-23(13-18(2)3)31(54)43-15-27(52)44-25(16-50)34(57)48-26(17-51)37(60)61)49-32(55)22(11-10-12-42-38(40)41)45-33(56)24(14-19(4)5)46-35(58)28(39)30(53)20(6)7/h18-26,28-30,50-51,53H,9-17,39H2,1-8H3,(H,43,54)(H,44,52)(H,45,56)(H,46,58)(H,47,59)(H,48,57)(H,49,55)(H,60,61)(H4,40,41,42)/t21-,22+,23-,24-,25-,26-,28-,29-,30+/m0/s1. The molecule has 0 bridgehead atoms. The van der Waals surface area contributed by atoms with Gasteiger partial charge in [-0.15, -0.1) is 0 Å². The molecule has 17 N–H and O–H groups in total. The number of carbonyl (C=O) groups excluding carboxylic acids is 7. The summed E-state index contributed by atoms with van der Waals surface area (Å²) in [5.74, 6) is -8.87. The molecule has 9 atom stereocenters. The van der Waals surface area contributed by atoms with Crippen molar-refractivity contribution in [3.8, 4) is 0 Å². The van der Waals surface area contributed by atoms with Gasteiger partial charge in [0.25, 0.3) is 0 Å². The average Bonchev–Trinajstić information content (AvgIpc) is 3.18. The Balaban J connectivity index is 6.24. The summed E-state index contributed by atoms with van der Waals surface area (Å²) >= 11 is 0. The highest BCUT2D eigenvalue weighted by atomic mass is 16.4. The maximum Gasteiger partial charge on any atom is 0.328 e. The molecule has 0 unspecified atom stereocenters. The summed E-state index contributed by atoms with van der Waals surface area (Å²) in [7, 11) is 0. The molecule has 0 saturated carbocycles. The summed E-state index contributed by atoms with van der Waals surface area (Å²) in [6.07, 6.45) is -0.344. The number of hydrogen-bond acceptors (Lipinski definition) is 13. The first kappa shape index (κ1) is 55.9. The number of rotatable bonds is 29. The number of aliphatic carboxylic acids is 1. The molecule has 23 nitrogen and oxygen atoms in total. The molecule has 0 aliphatic rings. The van der Waals surface area contributed by atoms with Gasteiger partial charge in [-0.1, -0.05) is 61.8 Å². The normalized spacial score (nSPS) is 15.7. The van der Waals surface area contributed by atoms with Gasteiger partial charge in [-0.25, -0.2) is 4.79 Å². The molecule has 0 aromatic carbocycles. The first-order valence-corrected chi connectivity index (χ1v) is 20.4. The van der Waals surface area contributed by atoms with Gasteiger partial charge in [-0.2, -0.15) is 0 Å². The summed E-state index contributed by atoms with van der Waals surface area (Å²) in [5, 5.41) is 65.3. The minimum atomic E-state index is -1.70. The largest absolute Gasteiger partial charge is 0.480 e. The molecule has 0 rings (SSSR count). The van der Waals surface area contributed by atoms with Crippen molar-refractivity contribution in [3.05, 3.63) is 0 Å². The molecular weight excluding hydrogens is 802 g/mol. The Kier molecular flexibility index (Phi) is 26.0. The fourth-order valence-corrected chi connectivity index (χ4v) is 5.72. The van der Waals surface area contributed by atoms with Crippen molar-refractivity contribution in [3.63, 3.8) is 0 Å². The fraction of sp³-hybridized carbons (Fsp3) is 0.763. The number of carbonyl (C=O) groups is 8. The van der Waals surface area contributed by atoms with Crippen LogP contribution in [-0.2, 0) is 38.4 Å². The van der Waals surface area contributed by atoms with E-state index in [1.807, 2.05) is 19.2 Å². The molecule has 0 aliphatic heterocycles. The SMILES string of the molecule is CC[C@H](C)[C@H](NC(=O)[C@@H](CCCNC(=N)N)NC(=O)[C@H](CC(C)C)NC(=O)[C@@H](N)[C@H](O)C(C)C)C(=O)N[C@@H](CC(C)C)C(=O)NCC(=O)N[C@@H](CO)C(=O)N[C@@H](CO)C(=O)O. The molecular formula is C38H71N11O12. The highest BCUT2D eigenvalue weighted by Crippen LogP contribution is 2.13. The Morgan fingerprint density at radius 1 is 0.623 bits per heavy atom. The molecule has 0 heterocycles. The molecule has 7 amide bonds. The van der Waals surface area contributed by atoms with Gasteiger partial charge in [0.05, 0.1) is 25.9 Å². The second-order valence-electron chi connectivity index (χ2n) is 16.2. The van der Waals surface area contributed by atoms with Crippen LogP contribution < -0.4 is 54.0 Å². The number of hydrogen-bond donors (Lipinski definition) is 15. The van der Waals surface area contributed by atoms with Crippen LogP contribution in [0.2, 0.25) is 0 Å². The molecule has 0 aliphatic carbocycles. The number of nitrogens with two attached hydrogens (primary N) is 2. The Morgan fingerprint density at radius 3 is 1.57 bits per heavy atom. The smallest absolute Gasteiger partial charge is 0.328 e. The fourth-order valence-electron chi connectivity index (χ4n) is 5.72. The number of aliphatic hydroxyl groups is 3. The van der Waals surface area contributed by atoms with Crippen LogP contribution in [-0.4, -0.2) is 148 Å². The number of amides is 7. The third kappa shape index (κ3) is 21.3. The van der Waals surface area contributed by atoms with Gasteiger partial charge >= 0.3 is 5.97 Å². The van der Waals surface area contributed by atoms with Gasteiger partial charge in [0.15, 0.2) is 5.96 Å². The lowest BCUT2D eigenvalue weighted by atomic mass is 9.96. The van der Waals surface area contributed by atoms with Crippen LogP contribution in [0.5, 0.6) is 0 Å². The Bertz CT molecular complexity index is 1480. The molecule has 0 aromatic rings. The molecule has 0 saturated heterocycles. The maximum atomic E-state index is 14.0. The van der Waals surface area contributed by atoms with Gasteiger partial charge in [0, 0.05) is 6.54 Å².